The summed E-state index contributed by atoms with van der Waals surface area (Å²) in [6.45, 7) is 4.32. The van der Waals surface area contributed by atoms with Crippen LogP contribution in [0, 0.1) is 11.3 Å². The average molecular weight is 718 g/mol. The van der Waals surface area contributed by atoms with Crippen molar-refractivity contribution in [2.24, 2.45) is 0 Å². The van der Waals surface area contributed by atoms with Gasteiger partial charge in [-0.15, -0.1) is 0 Å². The molecule has 3 aliphatic rings. The number of aromatic nitrogens is 1. The van der Waals surface area contributed by atoms with Gasteiger partial charge in [-0.05, 0) is 121 Å². The van der Waals surface area contributed by atoms with Crippen LogP contribution in [-0.4, -0.2) is 56.8 Å². The largest absolute Gasteiger partial charge is 0.508 e. The van der Waals surface area contributed by atoms with Gasteiger partial charge in [-0.1, -0.05) is 36.4 Å². The molecule has 0 spiro atoms. The molecular weight excluding hydrogens is 675 g/mol. The zero-order chi connectivity index (χ0) is 37.5. The quantitative estimate of drug-likeness (QED) is 0.202. The molecule has 0 aliphatic carbocycles. The number of nitrogens with zero attached hydrogens (tertiary/aromatic N) is 5. The molecule has 54 heavy (non-hydrogen) atoms. The zero-order valence-corrected chi connectivity index (χ0v) is 30.7. The molecule has 272 valence electrons. The van der Waals surface area contributed by atoms with E-state index in [4.69, 9.17) is 0 Å². The number of hydrogen-bond donors (Lipinski definition) is 1. The maximum atomic E-state index is 15.0. The van der Waals surface area contributed by atoms with Crippen LogP contribution in [0.25, 0.3) is 11.3 Å². The van der Waals surface area contributed by atoms with Gasteiger partial charge in [0.05, 0.1) is 23.6 Å². The number of rotatable bonds is 6. The van der Waals surface area contributed by atoms with Crippen molar-refractivity contribution in [3.63, 3.8) is 0 Å². The molecule has 9 nitrogen and oxygen atoms in total. The van der Waals surface area contributed by atoms with Gasteiger partial charge in [0.2, 0.25) is 5.91 Å². The third-order valence-electron chi connectivity index (χ3n) is 11.4. The van der Waals surface area contributed by atoms with Crippen LogP contribution in [-0.2, 0) is 50.1 Å². The number of hydrogen-bond acceptors (Lipinski definition) is 5. The van der Waals surface area contributed by atoms with E-state index in [0.717, 1.165) is 71.4 Å². The van der Waals surface area contributed by atoms with E-state index >= 15 is 0 Å². The van der Waals surface area contributed by atoms with Gasteiger partial charge in [0, 0.05) is 67.5 Å². The summed E-state index contributed by atoms with van der Waals surface area (Å²) in [6.07, 6.45) is 4.35. The molecule has 4 heterocycles. The van der Waals surface area contributed by atoms with Crippen LogP contribution in [0.2, 0.25) is 0 Å². The first kappa shape index (κ1) is 34.9. The molecule has 0 fully saturated rings. The Bertz CT molecular complexity index is 2320. The number of carbonyl (C=O) groups excluding carboxylic acids is 3. The Morgan fingerprint density at radius 1 is 0.833 bits per heavy atom. The average Bonchev–Trinajstić information content (AvgIpc) is 3.59. The molecule has 0 unspecified atom stereocenters. The molecule has 5 aromatic rings. The van der Waals surface area contributed by atoms with E-state index in [9.17, 15) is 24.8 Å². The van der Waals surface area contributed by atoms with E-state index in [2.05, 4.69) is 35.8 Å². The summed E-state index contributed by atoms with van der Waals surface area (Å²) in [7, 11) is 1.75. The SMILES string of the molecule is C[C@@H]1Cc2ccccc2CN1C(=O)c1cc2c(cc1-c1cc(C(=O)N(C)c3ccc(O)cc3)c3n1CCCC3)CCN(C(=O)Cc1ccc(C#N)cc1)C2. The van der Waals surface area contributed by atoms with Crippen molar-refractivity contribution in [2.45, 2.75) is 71.1 Å². The molecule has 1 atom stereocenters. The lowest BCUT2D eigenvalue weighted by Crippen LogP contribution is -2.43. The molecule has 0 saturated heterocycles. The van der Waals surface area contributed by atoms with Crippen LogP contribution in [0.1, 0.15) is 79.6 Å². The summed E-state index contributed by atoms with van der Waals surface area (Å²) in [5.41, 5.74) is 10.4. The second-order valence-electron chi connectivity index (χ2n) is 14.9. The number of phenols is 1. The summed E-state index contributed by atoms with van der Waals surface area (Å²) in [5.74, 6) is -0.0550. The Morgan fingerprint density at radius 3 is 2.35 bits per heavy atom. The molecular formula is C45H43N5O4. The van der Waals surface area contributed by atoms with E-state index < -0.39 is 0 Å². The van der Waals surface area contributed by atoms with Gasteiger partial charge in [-0.2, -0.15) is 5.26 Å². The number of carbonyl (C=O) groups is 3. The van der Waals surface area contributed by atoms with Crippen molar-refractivity contribution >= 4 is 23.4 Å². The van der Waals surface area contributed by atoms with Crippen LogP contribution >= 0.6 is 0 Å². The monoisotopic (exact) mass is 717 g/mol. The smallest absolute Gasteiger partial charge is 0.259 e. The van der Waals surface area contributed by atoms with Crippen molar-refractivity contribution in [1.29, 1.82) is 5.26 Å². The van der Waals surface area contributed by atoms with Crippen LogP contribution in [0.3, 0.4) is 0 Å². The fourth-order valence-corrected chi connectivity index (χ4v) is 8.36. The summed E-state index contributed by atoms with van der Waals surface area (Å²) in [4.78, 5) is 48.2. The van der Waals surface area contributed by atoms with E-state index in [1.165, 1.54) is 5.56 Å². The number of fused-ring (bicyclic) bond motifs is 3. The Hall–Kier alpha value is -6.14. The van der Waals surface area contributed by atoms with Gasteiger partial charge >= 0.3 is 0 Å². The Balaban J connectivity index is 1.19. The third kappa shape index (κ3) is 6.53. The topological polar surface area (TPSA) is 110 Å². The van der Waals surface area contributed by atoms with Gasteiger partial charge in [0.1, 0.15) is 5.75 Å². The van der Waals surface area contributed by atoms with Crippen LogP contribution in [0.4, 0.5) is 5.69 Å². The van der Waals surface area contributed by atoms with E-state index in [1.807, 2.05) is 46.2 Å². The predicted molar refractivity (Wildman–Crippen MR) is 207 cm³/mol. The van der Waals surface area contributed by atoms with E-state index in [1.54, 1.807) is 48.3 Å². The first-order valence-electron chi connectivity index (χ1n) is 18.8. The molecule has 0 radical (unpaired) electrons. The van der Waals surface area contributed by atoms with Crippen LogP contribution in [0.5, 0.6) is 5.75 Å². The molecule has 4 aromatic carbocycles. The lowest BCUT2D eigenvalue weighted by atomic mass is 9.89. The number of amides is 3. The second-order valence-corrected chi connectivity index (χ2v) is 14.9. The van der Waals surface area contributed by atoms with Crippen LogP contribution < -0.4 is 4.90 Å². The van der Waals surface area contributed by atoms with Gasteiger partial charge in [0.15, 0.2) is 0 Å². The van der Waals surface area contributed by atoms with Crippen molar-refractivity contribution < 1.29 is 19.5 Å². The van der Waals surface area contributed by atoms with Gasteiger partial charge in [-0.3, -0.25) is 14.4 Å². The molecule has 3 amide bonds. The number of anilines is 1. The van der Waals surface area contributed by atoms with Crippen molar-refractivity contribution in [3.8, 4) is 23.1 Å². The highest BCUT2D eigenvalue weighted by molar-refractivity contribution is 6.08. The highest BCUT2D eigenvalue weighted by Gasteiger charge is 2.33. The maximum absolute atomic E-state index is 15.0. The Kier molecular flexibility index (Phi) is 9.28. The van der Waals surface area contributed by atoms with Gasteiger partial charge in [0.25, 0.3) is 11.8 Å². The Morgan fingerprint density at radius 2 is 1.59 bits per heavy atom. The van der Waals surface area contributed by atoms with Crippen LogP contribution in [0.15, 0.2) is 91.0 Å². The second kappa shape index (κ2) is 14.4. The van der Waals surface area contributed by atoms with Crippen molar-refractivity contribution in [2.75, 3.05) is 18.5 Å². The summed E-state index contributed by atoms with van der Waals surface area (Å²) < 4.78 is 2.24. The number of nitriles is 1. The summed E-state index contributed by atoms with van der Waals surface area (Å²) >= 11 is 0. The number of benzene rings is 4. The molecule has 0 bridgehead atoms. The highest BCUT2D eigenvalue weighted by Crippen LogP contribution is 2.38. The standard InChI is InChI=1S/C45H43N5O4/c1-29-21-32-7-3-4-8-34(32)28-50(29)45(54)39-24-35-27-48(43(52)22-30-10-12-31(26-46)13-11-30)20-18-33(35)23-38(39)42-25-40(41-9-5-6-19-49(41)42)44(53)47(2)36-14-16-37(51)17-15-36/h3-4,7-8,10-17,23-25,29,51H,5-6,9,18-22,27-28H2,1-2H3/t29-/m1/s1. The zero-order valence-electron chi connectivity index (χ0n) is 30.7. The summed E-state index contributed by atoms with van der Waals surface area (Å²) in [5, 5.41) is 19.0. The van der Waals surface area contributed by atoms with Gasteiger partial charge in [-0.25, -0.2) is 0 Å². The van der Waals surface area contributed by atoms with E-state index in [-0.39, 0.29) is 35.9 Å². The molecule has 9 heteroatoms. The lowest BCUT2D eigenvalue weighted by molar-refractivity contribution is -0.131. The van der Waals surface area contributed by atoms with Gasteiger partial charge < -0.3 is 24.4 Å². The first-order valence-corrected chi connectivity index (χ1v) is 18.8. The molecule has 1 aromatic heterocycles. The number of phenolic OH excluding ortho intramolecular Hbond substituents is 1. The fourth-order valence-electron chi connectivity index (χ4n) is 8.36. The highest BCUT2D eigenvalue weighted by atomic mass is 16.3. The van der Waals surface area contributed by atoms with E-state index in [0.29, 0.717) is 48.4 Å². The Labute approximate surface area is 315 Å². The summed E-state index contributed by atoms with van der Waals surface area (Å²) in [6, 6.07) is 30.3. The lowest BCUT2D eigenvalue weighted by Gasteiger charge is -2.36. The predicted octanol–water partition coefficient (Wildman–Crippen LogP) is 7.06. The molecule has 1 N–H and O–H groups in total. The molecule has 8 rings (SSSR count). The molecule has 0 saturated carbocycles. The van der Waals surface area contributed by atoms with Crippen molar-refractivity contribution in [1.82, 2.24) is 14.4 Å². The molecule has 3 aliphatic heterocycles. The van der Waals surface area contributed by atoms with Crippen molar-refractivity contribution in [3.05, 3.63) is 141 Å². The first-order chi connectivity index (χ1) is 26.2. The third-order valence-corrected chi connectivity index (χ3v) is 11.4. The fraction of sp³-hybridized carbons (Fsp3) is 0.289. The maximum Gasteiger partial charge on any atom is 0.259 e. The minimum absolute atomic E-state index is 0.00475. The number of aromatic hydroxyl groups is 1. The minimum Gasteiger partial charge on any atom is -0.508 e. The normalized spacial score (nSPS) is 16.1. The minimum atomic E-state index is -0.138.